The van der Waals surface area contributed by atoms with Crippen molar-refractivity contribution in [3.63, 3.8) is 0 Å². The number of hydrogen-bond donors (Lipinski definition) is 2. The van der Waals surface area contributed by atoms with Gasteiger partial charge in [0, 0.05) is 6.42 Å². The number of hydrazine groups is 1. The van der Waals surface area contributed by atoms with Crippen molar-refractivity contribution < 1.29 is 14.3 Å². The van der Waals surface area contributed by atoms with Crippen molar-refractivity contribution in [1.82, 2.24) is 10.9 Å². The normalized spacial score (nSPS) is 10.1. The van der Waals surface area contributed by atoms with Gasteiger partial charge in [0.2, 0.25) is 5.91 Å². The van der Waals surface area contributed by atoms with Crippen LogP contribution in [0, 0.1) is 0 Å². The smallest absolute Gasteiger partial charge is 0.276 e. The van der Waals surface area contributed by atoms with Crippen molar-refractivity contribution in [2.24, 2.45) is 0 Å². The van der Waals surface area contributed by atoms with E-state index >= 15 is 0 Å². The highest BCUT2D eigenvalue weighted by atomic mass is 16.5. The lowest BCUT2D eigenvalue weighted by Crippen LogP contribution is -2.43. The van der Waals surface area contributed by atoms with Crippen LogP contribution >= 0.6 is 0 Å². The standard InChI is InChI=1S/C15H16N2O3/c1-2-14(18)16-17-15(19)10-20-13-8-7-11-5-3-4-6-12(11)9-13/h3-9H,2,10H2,1H3,(H,16,18)(H,17,19). The Balaban J connectivity index is 1.89. The Labute approximate surface area is 116 Å². The maximum absolute atomic E-state index is 11.4. The molecule has 0 aromatic heterocycles. The molecule has 5 nitrogen and oxygen atoms in total. The molecule has 0 aliphatic heterocycles. The SMILES string of the molecule is CCC(=O)NNC(=O)COc1ccc2ccccc2c1. The van der Waals surface area contributed by atoms with Crippen LogP contribution in [0.1, 0.15) is 13.3 Å². The van der Waals surface area contributed by atoms with E-state index in [4.69, 9.17) is 4.74 Å². The van der Waals surface area contributed by atoms with Crippen molar-refractivity contribution in [2.45, 2.75) is 13.3 Å². The summed E-state index contributed by atoms with van der Waals surface area (Å²) in [5.41, 5.74) is 4.56. The predicted molar refractivity (Wildman–Crippen MR) is 76.0 cm³/mol. The van der Waals surface area contributed by atoms with Crippen LogP contribution in [0.5, 0.6) is 5.75 Å². The Morgan fingerprint density at radius 1 is 1.00 bits per heavy atom. The van der Waals surface area contributed by atoms with Crippen LogP contribution in [0.25, 0.3) is 10.8 Å². The van der Waals surface area contributed by atoms with E-state index in [-0.39, 0.29) is 12.5 Å². The van der Waals surface area contributed by atoms with Crippen LogP contribution in [0.2, 0.25) is 0 Å². The molecule has 0 saturated heterocycles. The number of rotatable bonds is 4. The summed E-state index contributed by atoms with van der Waals surface area (Å²) in [5, 5.41) is 2.16. The van der Waals surface area contributed by atoms with Gasteiger partial charge in [0.1, 0.15) is 5.75 Å². The molecule has 0 saturated carbocycles. The van der Waals surface area contributed by atoms with Crippen molar-refractivity contribution in [3.8, 4) is 5.75 Å². The van der Waals surface area contributed by atoms with Gasteiger partial charge in [0.15, 0.2) is 6.61 Å². The Morgan fingerprint density at radius 3 is 2.45 bits per heavy atom. The average Bonchev–Trinajstić information content (AvgIpc) is 2.50. The highest BCUT2D eigenvalue weighted by Crippen LogP contribution is 2.20. The summed E-state index contributed by atoms with van der Waals surface area (Å²) in [6, 6.07) is 13.5. The summed E-state index contributed by atoms with van der Waals surface area (Å²) in [6.45, 7) is 1.55. The van der Waals surface area contributed by atoms with E-state index in [0.29, 0.717) is 12.2 Å². The molecule has 2 amide bonds. The highest BCUT2D eigenvalue weighted by Gasteiger charge is 2.04. The van der Waals surface area contributed by atoms with Crippen molar-refractivity contribution in [1.29, 1.82) is 0 Å². The molecular weight excluding hydrogens is 256 g/mol. The number of ether oxygens (including phenoxy) is 1. The number of nitrogens with one attached hydrogen (secondary N) is 2. The van der Waals surface area contributed by atoms with Crippen LogP contribution in [0.15, 0.2) is 42.5 Å². The molecule has 2 N–H and O–H groups in total. The fourth-order valence-electron chi connectivity index (χ4n) is 1.67. The molecule has 0 bridgehead atoms. The molecule has 0 fully saturated rings. The Morgan fingerprint density at radius 2 is 1.70 bits per heavy atom. The molecule has 2 rings (SSSR count). The van der Waals surface area contributed by atoms with Crippen LogP contribution in [0.4, 0.5) is 0 Å². The van der Waals surface area contributed by atoms with Gasteiger partial charge >= 0.3 is 0 Å². The molecule has 5 heteroatoms. The minimum Gasteiger partial charge on any atom is -0.484 e. The van der Waals surface area contributed by atoms with E-state index in [1.165, 1.54) is 0 Å². The van der Waals surface area contributed by atoms with Crippen LogP contribution in [0.3, 0.4) is 0 Å². The Kier molecular flexibility index (Phi) is 4.55. The lowest BCUT2D eigenvalue weighted by molar-refractivity contribution is -0.129. The summed E-state index contributed by atoms with van der Waals surface area (Å²) in [4.78, 5) is 22.4. The van der Waals surface area contributed by atoms with Gasteiger partial charge in [-0.15, -0.1) is 0 Å². The zero-order valence-electron chi connectivity index (χ0n) is 11.2. The summed E-state index contributed by atoms with van der Waals surface area (Å²) in [6.07, 6.45) is 0.311. The summed E-state index contributed by atoms with van der Waals surface area (Å²) in [7, 11) is 0. The molecule has 0 heterocycles. The van der Waals surface area contributed by atoms with E-state index < -0.39 is 5.91 Å². The van der Waals surface area contributed by atoms with Gasteiger partial charge in [-0.1, -0.05) is 37.3 Å². The number of amides is 2. The van der Waals surface area contributed by atoms with E-state index in [1.54, 1.807) is 13.0 Å². The summed E-state index contributed by atoms with van der Waals surface area (Å²) >= 11 is 0. The average molecular weight is 272 g/mol. The predicted octanol–water partition coefficient (Wildman–Crippen LogP) is 1.78. The second-order valence-corrected chi connectivity index (χ2v) is 4.25. The minimum atomic E-state index is -0.403. The maximum atomic E-state index is 11.4. The Hall–Kier alpha value is -2.56. The second kappa shape index (κ2) is 6.56. The lowest BCUT2D eigenvalue weighted by Gasteiger charge is -2.08. The van der Waals surface area contributed by atoms with Crippen LogP contribution in [-0.4, -0.2) is 18.4 Å². The van der Waals surface area contributed by atoms with E-state index in [0.717, 1.165) is 10.8 Å². The first-order valence-corrected chi connectivity index (χ1v) is 6.38. The molecule has 104 valence electrons. The molecule has 0 radical (unpaired) electrons. The molecule has 0 aliphatic rings. The first kappa shape index (κ1) is 13.9. The molecule has 2 aromatic carbocycles. The van der Waals surface area contributed by atoms with Gasteiger partial charge in [0.25, 0.3) is 5.91 Å². The largest absolute Gasteiger partial charge is 0.484 e. The fourth-order valence-corrected chi connectivity index (χ4v) is 1.67. The van der Waals surface area contributed by atoms with Gasteiger partial charge in [-0.2, -0.15) is 0 Å². The van der Waals surface area contributed by atoms with Gasteiger partial charge in [-0.25, -0.2) is 0 Å². The third-order valence-electron chi connectivity index (χ3n) is 2.75. The van der Waals surface area contributed by atoms with E-state index in [2.05, 4.69) is 10.9 Å². The summed E-state index contributed by atoms with van der Waals surface area (Å²) < 4.78 is 5.38. The van der Waals surface area contributed by atoms with Gasteiger partial charge in [-0.05, 0) is 22.9 Å². The van der Waals surface area contributed by atoms with Crippen molar-refractivity contribution >= 4 is 22.6 Å². The van der Waals surface area contributed by atoms with Gasteiger partial charge < -0.3 is 4.74 Å². The second-order valence-electron chi connectivity index (χ2n) is 4.25. The van der Waals surface area contributed by atoms with E-state index in [9.17, 15) is 9.59 Å². The zero-order valence-corrected chi connectivity index (χ0v) is 11.2. The Bertz CT molecular complexity index is 625. The first-order chi connectivity index (χ1) is 9.69. The van der Waals surface area contributed by atoms with Crippen LogP contribution < -0.4 is 15.6 Å². The fraction of sp³-hybridized carbons (Fsp3) is 0.200. The van der Waals surface area contributed by atoms with Gasteiger partial charge in [0.05, 0.1) is 0 Å². The number of hydrogen-bond acceptors (Lipinski definition) is 3. The summed E-state index contributed by atoms with van der Waals surface area (Å²) in [5.74, 6) is -0.0373. The number of carbonyl (C=O) groups excluding carboxylic acids is 2. The van der Waals surface area contributed by atoms with Crippen LogP contribution in [-0.2, 0) is 9.59 Å². The molecule has 0 aliphatic carbocycles. The lowest BCUT2D eigenvalue weighted by atomic mass is 10.1. The zero-order chi connectivity index (χ0) is 14.4. The number of carbonyl (C=O) groups is 2. The topological polar surface area (TPSA) is 67.4 Å². The van der Waals surface area contributed by atoms with Gasteiger partial charge in [-0.3, -0.25) is 20.4 Å². The van der Waals surface area contributed by atoms with Crippen molar-refractivity contribution in [3.05, 3.63) is 42.5 Å². The minimum absolute atomic E-state index is 0.150. The third-order valence-corrected chi connectivity index (χ3v) is 2.75. The quantitative estimate of drug-likeness (QED) is 0.834. The number of fused-ring (bicyclic) bond motifs is 1. The highest BCUT2D eigenvalue weighted by molar-refractivity contribution is 5.84. The number of benzene rings is 2. The molecule has 20 heavy (non-hydrogen) atoms. The first-order valence-electron chi connectivity index (χ1n) is 6.38. The molecule has 0 spiro atoms. The maximum Gasteiger partial charge on any atom is 0.276 e. The monoisotopic (exact) mass is 272 g/mol. The molecule has 2 aromatic rings. The molecule has 0 unspecified atom stereocenters. The molecular formula is C15H16N2O3. The van der Waals surface area contributed by atoms with Crippen molar-refractivity contribution in [2.75, 3.05) is 6.61 Å². The van der Waals surface area contributed by atoms with E-state index in [1.807, 2.05) is 36.4 Å². The molecule has 0 atom stereocenters. The third kappa shape index (κ3) is 3.71.